The first-order chi connectivity index (χ1) is 9.75. The highest BCUT2D eigenvalue weighted by Gasteiger charge is 2.40. The highest BCUT2D eigenvalue weighted by Crippen LogP contribution is 2.32. The normalized spacial score (nSPS) is 18.4. The maximum Gasteiger partial charge on any atom is 0.295 e. The van der Waals surface area contributed by atoms with Gasteiger partial charge in [0.1, 0.15) is 0 Å². The Bertz CT molecular complexity index is 631. The molecular weight excluding hydrogens is 272 g/mol. The lowest BCUT2D eigenvalue weighted by molar-refractivity contribution is -0.116. The van der Waals surface area contributed by atoms with E-state index in [2.05, 4.69) is 5.32 Å². The lowest BCUT2D eigenvalue weighted by Crippen LogP contribution is -2.34. The van der Waals surface area contributed by atoms with E-state index in [0.29, 0.717) is 5.69 Å². The summed E-state index contributed by atoms with van der Waals surface area (Å²) < 4.78 is 0. The molecule has 1 heterocycles. The van der Waals surface area contributed by atoms with Crippen LogP contribution in [0.15, 0.2) is 60.7 Å². The zero-order valence-electron chi connectivity index (χ0n) is 10.5. The summed E-state index contributed by atoms with van der Waals surface area (Å²) in [6.07, 6.45) is 0. The third kappa shape index (κ3) is 2.40. The van der Waals surface area contributed by atoms with Gasteiger partial charge in [-0.3, -0.25) is 9.59 Å². The highest BCUT2D eigenvalue weighted by atomic mass is 32.2. The Morgan fingerprint density at radius 2 is 1.50 bits per heavy atom. The SMILES string of the molecule is O=C1S[C@H](Nc2ccccc2)C(=O)N1c1ccccc1. The Kier molecular flexibility index (Phi) is 3.43. The Balaban J connectivity index is 1.81. The third-order valence-corrected chi connectivity index (χ3v) is 3.87. The van der Waals surface area contributed by atoms with Crippen LogP contribution in [-0.2, 0) is 4.79 Å². The molecule has 4 nitrogen and oxygen atoms in total. The fourth-order valence-corrected chi connectivity index (χ4v) is 2.90. The predicted octanol–water partition coefficient (Wildman–Crippen LogP) is 3.32. The summed E-state index contributed by atoms with van der Waals surface area (Å²) in [5, 5.41) is 2.24. The quantitative estimate of drug-likeness (QED) is 0.939. The van der Waals surface area contributed by atoms with Crippen molar-refractivity contribution in [3.8, 4) is 0 Å². The van der Waals surface area contributed by atoms with Crippen molar-refractivity contribution in [2.45, 2.75) is 5.37 Å². The maximum absolute atomic E-state index is 12.3. The molecule has 5 heteroatoms. The highest BCUT2D eigenvalue weighted by molar-refractivity contribution is 8.16. The van der Waals surface area contributed by atoms with E-state index in [1.54, 1.807) is 24.3 Å². The minimum atomic E-state index is -0.579. The number of rotatable bonds is 3. The molecule has 0 radical (unpaired) electrons. The number of thioether (sulfide) groups is 1. The average molecular weight is 284 g/mol. The number of carbonyl (C=O) groups excluding carboxylic acids is 2. The molecule has 0 aliphatic carbocycles. The molecule has 100 valence electrons. The van der Waals surface area contributed by atoms with Gasteiger partial charge in [0.2, 0.25) is 0 Å². The third-order valence-electron chi connectivity index (χ3n) is 2.93. The zero-order chi connectivity index (χ0) is 13.9. The van der Waals surface area contributed by atoms with Crippen LogP contribution in [0, 0.1) is 0 Å². The molecule has 1 saturated heterocycles. The van der Waals surface area contributed by atoms with E-state index in [1.807, 2.05) is 36.4 Å². The topological polar surface area (TPSA) is 49.4 Å². The van der Waals surface area contributed by atoms with Gasteiger partial charge >= 0.3 is 0 Å². The molecule has 1 aliphatic rings. The van der Waals surface area contributed by atoms with Crippen molar-refractivity contribution in [2.24, 2.45) is 0 Å². The van der Waals surface area contributed by atoms with E-state index < -0.39 is 5.37 Å². The van der Waals surface area contributed by atoms with E-state index >= 15 is 0 Å². The first kappa shape index (κ1) is 12.7. The fourth-order valence-electron chi connectivity index (χ4n) is 2.00. The van der Waals surface area contributed by atoms with Gasteiger partial charge in [-0.25, -0.2) is 4.90 Å². The van der Waals surface area contributed by atoms with Crippen LogP contribution in [0.2, 0.25) is 0 Å². The largest absolute Gasteiger partial charge is 0.365 e. The van der Waals surface area contributed by atoms with Gasteiger partial charge < -0.3 is 5.32 Å². The van der Waals surface area contributed by atoms with Crippen LogP contribution in [0.1, 0.15) is 0 Å². The number of para-hydroxylation sites is 2. The monoisotopic (exact) mass is 284 g/mol. The molecule has 0 saturated carbocycles. The van der Waals surface area contributed by atoms with Crippen molar-refractivity contribution in [1.29, 1.82) is 0 Å². The van der Waals surface area contributed by atoms with Gasteiger partial charge in [-0.05, 0) is 36.0 Å². The number of benzene rings is 2. The van der Waals surface area contributed by atoms with Crippen LogP contribution in [0.3, 0.4) is 0 Å². The van der Waals surface area contributed by atoms with Crippen molar-refractivity contribution < 1.29 is 9.59 Å². The van der Waals surface area contributed by atoms with Crippen LogP contribution in [0.25, 0.3) is 0 Å². The van der Waals surface area contributed by atoms with Crippen molar-refractivity contribution in [2.75, 3.05) is 10.2 Å². The van der Waals surface area contributed by atoms with Gasteiger partial charge in [-0.1, -0.05) is 36.4 Å². The fraction of sp³-hybridized carbons (Fsp3) is 0.0667. The van der Waals surface area contributed by atoms with Crippen molar-refractivity contribution in [3.05, 3.63) is 60.7 Å². The Labute approximate surface area is 120 Å². The summed E-state index contributed by atoms with van der Waals surface area (Å²) in [5.74, 6) is -0.241. The van der Waals surface area contributed by atoms with Gasteiger partial charge in [-0.2, -0.15) is 0 Å². The Hall–Kier alpha value is -2.27. The number of amides is 2. The average Bonchev–Trinajstić information content (AvgIpc) is 2.75. The van der Waals surface area contributed by atoms with Crippen LogP contribution in [0.4, 0.5) is 16.2 Å². The zero-order valence-corrected chi connectivity index (χ0v) is 11.3. The summed E-state index contributed by atoms with van der Waals surface area (Å²) in [6, 6.07) is 18.3. The summed E-state index contributed by atoms with van der Waals surface area (Å²) in [4.78, 5) is 25.6. The van der Waals surface area contributed by atoms with Gasteiger partial charge in [-0.15, -0.1) is 0 Å². The van der Waals surface area contributed by atoms with Crippen molar-refractivity contribution in [3.63, 3.8) is 0 Å². The second kappa shape index (κ2) is 5.38. The van der Waals surface area contributed by atoms with E-state index in [-0.39, 0.29) is 11.1 Å². The number of nitrogens with one attached hydrogen (secondary N) is 1. The van der Waals surface area contributed by atoms with Gasteiger partial charge in [0, 0.05) is 5.69 Å². The lowest BCUT2D eigenvalue weighted by Gasteiger charge is -2.14. The van der Waals surface area contributed by atoms with E-state index in [0.717, 1.165) is 17.4 Å². The molecule has 2 amide bonds. The molecule has 20 heavy (non-hydrogen) atoms. The minimum Gasteiger partial charge on any atom is -0.365 e. The summed E-state index contributed by atoms with van der Waals surface area (Å²) in [6.45, 7) is 0. The second-order valence-corrected chi connectivity index (χ2v) is 5.34. The lowest BCUT2D eigenvalue weighted by atomic mass is 10.3. The molecule has 1 atom stereocenters. The number of anilines is 2. The number of hydrogen-bond donors (Lipinski definition) is 1. The van der Waals surface area contributed by atoms with Crippen molar-refractivity contribution in [1.82, 2.24) is 0 Å². The first-order valence-corrected chi connectivity index (χ1v) is 7.05. The molecule has 1 N–H and O–H groups in total. The summed E-state index contributed by atoms with van der Waals surface area (Å²) in [5.41, 5.74) is 1.42. The molecule has 3 rings (SSSR count). The van der Waals surface area contributed by atoms with Crippen LogP contribution >= 0.6 is 11.8 Å². The van der Waals surface area contributed by atoms with E-state index in [1.165, 1.54) is 4.90 Å². The number of carbonyl (C=O) groups is 2. The van der Waals surface area contributed by atoms with Crippen molar-refractivity contribution >= 4 is 34.3 Å². The molecule has 0 bridgehead atoms. The molecule has 2 aromatic carbocycles. The molecular formula is C15H12N2O2S. The van der Waals surface area contributed by atoms with Gasteiger partial charge in [0.05, 0.1) is 5.69 Å². The second-order valence-electron chi connectivity index (χ2n) is 4.28. The minimum absolute atomic E-state index is 0.241. The van der Waals surface area contributed by atoms with E-state index in [9.17, 15) is 9.59 Å². The summed E-state index contributed by atoms with van der Waals surface area (Å²) >= 11 is 0.998. The number of hydrogen-bond acceptors (Lipinski definition) is 4. The summed E-state index contributed by atoms with van der Waals surface area (Å²) in [7, 11) is 0. The Morgan fingerprint density at radius 3 is 2.15 bits per heavy atom. The van der Waals surface area contributed by atoms with E-state index in [4.69, 9.17) is 0 Å². The van der Waals surface area contributed by atoms with Crippen LogP contribution in [0.5, 0.6) is 0 Å². The molecule has 1 aliphatic heterocycles. The van der Waals surface area contributed by atoms with Gasteiger partial charge in [0.15, 0.2) is 5.37 Å². The smallest absolute Gasteiger partial charge is 0.295 e. The molecule has 0 unspecified atom stereocenters. The molecule has 1 fully saturated rings. The van der Waals surface area contributed by atoms with Gasteiger partial charge in [0.25, 0.3) is 11.1 Å². The standard InChI is InChI=1S/C15H12N2O2S/c18-14-13(16-11-7-3-1-4-8-11)20-15(19)17(14)12-9-5-2-6-10-12/h1-10,13,16H/t13-/m0/s1. The number of imide groups is 1. The molecule has 0 aromatic heterocycles. The first-order valence-electron chi connectivity index (χ1n) is 6.17. The number of nitrogens with zero attached hydrogens (tertiary/aromatic N) is 1. The maximum atomic E-state index is 12.3. The predicted molar refractivity (Wildman–Crippen MR) is 80.8 cm³/mol. The molecule has 2 aromatic rings. The molecule has 0 spiro atoms. The van der Waals surface area contributed by atoms with Crippen LogP contribution in [-0.4, -0.2) is 16.5 Å². The van der Waals surface area contributed by atoms with Crippen LogP contribution < -0.4 is 10.2 Å². The Morgan fingerprint density at radius 1 is 0.900 bits per heavy atom.